The quantitative estimate of drug-likeness (QED) is 0.777. The first-order valence-corrected chi connectivity index (χ1v) is 9.32. The maximum absolute atomic E-state index is 13.3. The van der Waals surface area contributed by atoms with Gasteiger partial charge < -0.3 is 19.5 Å². The van der Waals surface area contributed by atoms with E-state index in [1.165, 1.54) is 0 Å². The summed E-state index contributed by atoms with van der Waals surface area (Å²) in [6.45, 7) is 1.01. The third-order valence-corrected chi connectivity index (χ3v) is 5.63. The third kappa shape index (κ3) is 4.00. The number of halogens is 2. The largest absolute Gasteiger partial charge is 0.493 e. The maximum atomic E-state index is 13.3. The zero-order chi connectivity index (χ0) is 19.4. The monoisotopic (exact) mass is 409 g/mol. The summed E-state index contributed by atoms with van der Waals surface area (Å²) in [5, 5.41) is 3.81. The molecule has 27 heavy (non-hydrogen) atoms. The Labute approximate surface area is 168 Å². The lowest BCUT2D eigenvalue weighted by Gasteiger charge is -2.36. The minimum Gasteiger partial charge on any atom is -0.493 e. The number of amides is 1. The molecule has 0 spiro atoms. The van der Waals surface area contributed by atoms with E-state index in [4.69, 9.17) is 37.4 Å². The van der Waals surface area contributed by atoms with Gasteiger partial charge in [-0.3, -0.25) is 4.79 Å². The number of benzene rings is 2. The Bertz CT molecular complexity index is 835. The van der Waals surface area contributed by atoms with Crippen molar-refractivity contribution in [2.45, 2.75) is 18.3 Å². The fraction of sp³-hybridized carbons (Fsp3) is 0.350. The molecule has 5 nitrogen and oxygen atoms in total. The van der Waals surface area contributed by atoms with Gasteiger partial charge in [0.1, 0.15) is 0 Å². The molecule has 0 unspecified atom stereocenters. The van der Waals surface area contributed by atoms with Crippen LogP contribution < -0.4 is 14.8 Å². The van der Waals surface area contributed by atoms with Gasteiger partial charge >= 0.3 is 0 Å². The molecule has 1 aliphatic heterocycles. The molecule has 1 N–H and O–H groups in total. The first-order chi connectivity index (χ1) is 13.0. The lowest BCUT2D eigenvalue weighted by atomic mass is 9.73. The molecule has 3 rings (SSSR count). The Morgan fingerprint density at radius 2 is 1.70 bits per heavy atom. The van der Waals surface area contributed by atoms with E-state index in [0.717, 1.165) is 5.56 Å². The van der Waals surface area contributed by atoms with Gasteiger partial charge in [-0.15, -0.1) is 0 Å². The maximum Gasteiger partial charge on any atom is 0.235 e. The predicted octanol–water partition coefficient (Wildman–Crippen LogP) is 4.70. The number of carbonyl (C=O) groups is 1. The minimum atomic E-state index is -0.732. The van der Waals surface area contributed by atoms with Crippen molar-refractivity contribution < 1.29 is 19.0 Å². The molecular formula is C20H21Cl2NO4. The van der Waals surface area contributed by atoms with Crippen LogP contribution >= 0.6 is 23.2 Å². The van der Waals surface area contributed by atoms with Gasteiger partial charge in [-0.1, -0.05) is 29.3 Å². The average molecular weight is 410 g/mol. The highest BCUT2D eigenvalue weighted by atomic mass is 35.5. The van der Waals surface area contributed by atoms with E-state index >= 15 is 0 Å². The minimum absolute atomic E-state index is 0.114. The van der Waals surface area contributed by atoms with Crippen molar-refractivity contribution >= 4 is 34.8 Å². The summed E-state index contributed by atoms with van der Waals surface area (Å²) in [7, 11) is 3.16. The van der Waals surface area contributed by atoms with Crippen molar-refractivity contribution in [3.8, 4) is 11.5 Å². The number of rotatable bonds is 5. The third-order valence-electron chi connectivity index (χ3n) is 4.89. The van der Waals surface area contributed by atoms with Crippen LogP contribution in [0.15, 0.2) is 36.4 Å². The number of methoxy groups -OCH3 is 2. The summed E-state index contributed by atoms with van der Waals surface area (Å²) in [5.41, 5.74) is 0.728. The highest BCUT2D eigenvalue weighted by molar-refractivity contribution is 6.42. The molecule has 0 aromatic heterocycles. The Kier molecular flexibility index (Phi) is 6.15. The molecule has 2 aromatic carbocycles. The Morgan fingerprint density at radius 1 is 1.00 bits per heavy atom. The highest BCUT2D eigenvalue weighted by Gasteiger charge is 2.42. The molecule has 2 aromatic rings. The summed E-state index contributed by atoms with van der Waals surface area (Å²) in [6.07, 6.45) is 1.13. The van der Waals surface area contributed by atoms with E-state index in [9.17, 15) is 4.79 Å². The van der Waals surface area contributed by atoms with Crippen LogP contribution in [0.5, 0.6) is 11.5 Å². The summed E-state index contributed by atoms with van der Waals surface area (Å²) < 4.78 is 16.2. The molecule has 1 amide bonds. The first kappa shape index (κ1) is 19.8. The summed E-state index contributed by atoms with van der Waals surface area (Å²) in [6, 6.07) is 10.6. The molecule has 7 heteroatoms. The summed E-state index contributed by atoms with van der Waals surface area (Å²) >= 11 is 12.0. The molecule has 1 aliphatic rings. The van der Waals surface area contributed by atoms with E-state index in [-0.39, 0.29) is 5.91 Å². The molecular weight excluding hydrogens is 389 g/mol. The number of hydrogen-bond acceptors (Lipinski definition) is 4. The SMILES string of the molecule is COc1ccc(C2(C(=O)Nc3ccc(Cl)c(Cl)c3)CCOCC2)cc1OC. The topological polar surface area (TPSA) is 56.8 Å². The summed E-state index contributed by atoms with van der Waals surface area (Å²) in [5.74, 6) is 1.09. The zero-order valence-electron chi connectivity index (χ0n) is 15.2. The normalized spacial score (nSPS) is 15.9. The van der Waals surface area contributed by atoms with Gasteiger partial charge in [-0.05, 0) is 48.7 Å². The van der Waals surface area contributed by atoms with Crippen LogP contribution in [0.1, 0.15) is 18.4 Å². The Hall–Kier alpha value is -1.95. The van der Waals surface area contributed by atoms with Gasteiger partial charge in [0.15, 0.2) is 11.5 Å². The Morgan fingerprint density at radius 3 is 2.33 bits per heavy atom. The second kappa shape index (κ2) is 8.38. The second-order valence-corrected chi connectivity index (χ2v) is 7.16. The molecule has 0 radical (unpaired) electrons. The van der Waals surface area contributed by atoms with Crippen LogP contribution in [-0.4, -0.2) is 33.3 Å². The number of nitrogens with one attached hydrogen (secondary N) is 1. The second-order valence-electron chi connectivity index (χ2n) is 6.35. The van der Waals surface area contributed by atoms with E-state index < -0.39 is 5.41 Å². The molecule has 1 fully saturated rings. The lowest BCUT2D eigenvalue weighted by Crippen LogP contribution is -2.44. The van der Waals surface area contributed by atoms with Gasteiger partial charge in [0.05, 0.1) is 29.7 Å². The molecule has 1 saturated heterocycles. The average Bonchev–Trinajstić information content (AvgIpc) is 2.70. The van der Waals surface area contributed by atoms with Crippen molar-refractivity contribution in [2.75, 3.05) is 32.8 Å². The number of carbonyl (C=O) groups excluding carboxylic acids is 1. The van der Waals surface area contributed by atoms with Crippen molar-refractivity contribution in [3.63, 3.8) is 0 Å². The van der Waals surface area contributed by atoms with Gasteiger partial charge in [0, 0.05) is 18.9 Å². The van der Waals surface area contributed by atoms with Crippen LogP contribution in [-0.2, 0) is 14.9 Å². The van der Waals surface area contributed by atoms with Crippen molar-refractivity contribution in [1.29, 1.82) is 0 Å². The van der Waals surface area contributed by atoms with Crippen molar-refractivity contribution in [3.05, 3.63) is 52.0 Å². The van der Waals surface area contributed by atoms with Crippen LogP contribution in [0.3, 0.4) is 0 Å². The van der Waals surface area contributed by atoms with Crippen LogP contribution in [0.2, 0.25) is 10.0 Å². The number of ether oxygens (including phenoxy) is 3. The van der Waals surface area contributed by atoms with E-state index in [2.05, 4.69) is 5.32 Å². The van der Waals surface area contributed by atoms with E-state index in [1.807, 2.05) is 18.2 Å². The summed E-state index contributed by atoms with van der Waals surface area (Å²) in [4.78, 5) is 13.3. The number of hydrogen-bond donors (Lipinski definition) is 1. The molecule has 0 aliphatic carbocycles. The van der Waals surface area contributed by atoms with Gasteiger partial charge in [-0.25, -0.2) is 0 Å². The smallest absolute Gasteiger partial charge is 0.235 e. The predicted molar refractivity (Wildman–Crippen MR) is 106 cm³/mol. The van der Waals surface area contributed by atoms with Crippen LogP contribution in [0.4, 0.5) is 5.69 Å². The molecule has 0 bridgehead atoms. The zero-order valence-corrected chi connectivity index (χ0v) is 16.7. The molecule has 0 atom stereocenters. The number of anilines is 1. The van der Waals surface area contributed by atoms with Gasteiger partial charge in [-0.2, -0.15) is 0 Å². The molecule has 1 heterocycles. The Balaban J connectivity index is 1.97. The molecule has 0 saturated carbocycles. The van der Waals surface area contributed by atoms with E-state index in [1.54, 1.807) is 32.4 Å². The van der Waals surface area contributed by atoms with Gasteiger partial charge in [0.2, 0.25) is 5.91 Å². The van der Waals surface area contributed by atoms with Crippen molar-refractivity contribution in [2.24, 2.45) is 0 Å². The molecule has 144 valence electrons. The standard InChI is InChI=1S/C20H21Cl2NO4/c1-25-17-6-3-13(11-18(17)26-2)20(7-9-27-10-8-20)19(24)23-14-4-5-15(21)16(22)12-14/h3-6,11-12H,7-10H2,1-2H3,(H,23,24). The highest BCUT2D eigenvalue weighted by Crippen LogP contribution is 2.40. The van der Waals surface area contributed by atoms with Crippen LogP contribution in [0.25, 0.3) is 0 Å². The fourth-order valence-electron chi connectivity index (χ4n) is 3.33. The van der Waals surface area contributed by atoms with Gasteiger partial charge in [0.25, 0.3) is 0 Å². The fourth-order valence-corrected chi connectivity index (χ4v) is 3.62. The lowest BCUT2D eigenvalue weighted by molar-refractivity contribution is -0.125. The first-order valence-electron chi connectivity index (χ1n) is 8.57. The van der Waals surface area contributed by atoms with Crippen molar-refractivity contribution in [1.82, 2.24) is 0 Å². The van der Waals surface area contributed by atoms with Crippen LogP contribution in [0, 0.1) is 0 Å². The van der Waals surface area contributed by atoms with E-state index in [0.29, 0.717) is 53.3 Å².